The second kappa shape index (κ2) is 11.4. The summed E-state index contributed by atoms with van der Waals surface area (Å²) >= 11 is 0. The Labute approximate surface area is 356 Å². The lowest BCUT2D eigenvalue weighted by molar-refractivity contribution is 0.199. The highest BCUT2D eigenvalue weighted by Crippen LogP contribution is 2.63. The van der Waals surface area contributed by atoms with E-state index in [-0.39, 0.29) is 34.0 Å². The molecule has 0 N–H and O–H groups in total. The molecule has 1 fully saturated rings. The van der Waals surface area contributed by atoms with Crippen molar-refractivity contribution in [2.45, 2.75) is 129 Å². The van der Waals surface area contributed by atoms with Crippen LogP contribution in [0.3, 0.4) is 0 Å². The predicted molar refractivity (Wildman–Crippen MR) is 258 cm³/mol. The van der Waals surface area contributed by atoms with Crippen molar-refractivity contribution in [1.82, 2.24) is 9.13 Å². The van der Waals surface area contributed by atoms with Crippen molar-refractivity contribution in [3.8, 4) is 22.5 Å². The summed E-state index contributed by atoms with van der Waals surface area (Å²) in [5.41, 5.74) is 21.0. The molecule has 0 bridgehead atoms. The van der Waals surface area contributed by atoms with Crippen LogP contribution < -0.4 is 15.7 Å². The Hall–Kier alpha value is -5.22. The van der Waals surface area contributed by atoms with Gasteiger partial charge in [-0.15, -0.1) is 0 Å². The number of hydrogen-bond donors (Lipinski definition) is 0. The Morgan fingerprint density at radius 1 is 0.533 bits per heavy atom. The molecule has 3 aliphatic heterocycles. The van der Waals surface area contributed by atoms with Gasteiger partial charge in [-0.1, -0.05) is 131 Å². The molecule has 60 heavy (non-hydrogen) atoms. The van der Waals surface area contributed by atoms with Gasteiger partial charge < -0.3 is 13.9 Å². The van der Waals surface area contributed by atoms with Crippen LogP contribution in [0.25, 0.3) is 66.1 Å². The molecule has 12 rings (SSSR count). The van der Waals surface area contributed by atoms with Gasteiger partial charge in [-0.3, -0.25) is 0 Å². The molecular formula is C56H58BN3. The van der Waals surface area contributed by atoms with Gasteiger partial charge in [0.05, 0.1) is 22.1 Å². The number of rotatable bonds is 1. The maximum Gasteiger partial charge on any atom is 0.328 e. The van der Waals surface area contributed by atoms with Crippen molar-refractivity contribution in [2.24, 2.45) is 0 Å². The quantitative estimate of drug-likeness (QED) is 0.151. The molecule has 0 spiro atoms. The van der Waals surface area contributed by atoms with E-state index in [0.29, 0.717) is 0 Å². The Morgan fingerprint density at radius 2 is 1.17 bits per heavy atom. The SMILES string of the molecule is CC(C)(C)c1cc2c3c(c1)C1(C)CCCCC1(C)N3B1c3c-2cccc3-n2c3cc4c5cc(C(C)(C)C)ccc5n(-c5ccccc5)c4cc3c3cc(C(C)(C)C)cc1c32. The Balaban J connectivity index is 1.26. The Bertz CT molecular complexity index is 3190. The molecule has 0 radical (unpaired) electrons. The summed E-state index contributed by atoms with van der Waals surface area (Å²) in [4.78, 5) is 3.00. The van der Waals surface area contributed by atoms with Crippen molar-refractivity contribution in [1.29, 1.82) is 0 Å². The van der Waals surface area contributed by atoms with Gasteiger partial charge in [0.1, 0.15) is 0 Å². The summed E-state index contributed by atoms with van der Waals surface area (Å²) in [6.45, 7) is 26.8. The topological polar surface area (TPSA) is 13.1 Å². The van der Waals surface area contributed by atoms with Gasteiger partial charge in [0.15, 0.2) is 0 Å². The minimum atomic E-state index is -0.0289. The average Bonchev–Trinajstić information content (AvgIpc) is 3.77. The number of hydrogen-bond acceptors (Lipinski definition) is 1. The molecule has 4 aliphatic rings. The smallest absolute Gasteiger partial charge is 0.328 e. The number of nitrogens with zero attached hydrogens (tertiary/aromatic N) is 3. The highest BCUT2D eigenvalue weighted by Gasteiger charge is 2.62. The highest BCUT2D eigenvalue weighted by atomic mass is 15.2. The largest absolute Gasteiger partial charge is 0.400 e. The van der Waals surface area contributed by atoms with Crippen LogP contribution in [-0.4, -0.2) is 21.5 Å². The average molecular weight is 784 g/mol. The Morgan fingerprint density at radius 3 is 1.88 bits per heavy atom. The minimum absolute atomic E-state index is 0.0155. The molecule has 2 unspecified atom stereocenters. The van der Waals surface area contributed by atoms with Crippen LogP contribution in [0.5, 0.6) is 0 Å². The lowest BCUT2D eigenvalue weighted by Crippen LogP contribution is -2.70. The van der Waals surface area contributed by atoms with Crippen LogP contribution in [0.2, 0.25) is 0 Å². The molecular weight excluding hydrogens is 725 g/mol. The van der Waals surface area contributed by atoms with Crippen LogP contribution in [0.4, 0.5) is 5.69 Å². The van der Waals surface area contributed by atoms with E-state index < -0.39 is 0 Å². The van der Waals surface area contributed by atoms with Crippen molar-refractivity contribution in [3.63, 3.8) is 0 Å². The molecule has 1 saturated carbocycles. The van der Waals surface area contributed by atoms with Gasteiger partial charge in [0.2, 0.25) is 0 Å². The fourth-order valence-electron chi connectivity index (χ4n) is 12.5. The van der Waals surface area contributed by atoms with E-state index >= 15 is 0 Å². The van der Waals surface area contributed by atoms with E-state index in [2.05, 4.69) is 193 Å². The van der Waals surface area contributed by atoms with Gasteiger partial charge >= 0.3 is 6.85 Å². The first-order valence-corrected chi connectivity index (χ1v) is 22.7. The molecule has 0 saturated heterocycles. The molecule has 5 heterocycles. The van der Waals surface area contributed by atoms with E-state index in [1.165, 1.54) is 125 Å². The van der Waals surface area contributed by atoms with Gasteiger partial charge in [0.25, 0.3) is 0 Å². The molecule has 6 aromatic carbocycles. The molecule has 300 valence electrons. The summed E-state index contributed by atoms with van der Waals surface area (Å²) in [5.74, 6) is 0. The first-order chi connectivity index (χ1) is 28.4. The van der Waals surface area contributed by atoms with Crippen LogP contribution >= 0.6 is 0 Å². The second-order valence-electron chi connectivity index (χ2n) is 22.6. The van der Waals surface area contributed by atoms with Crippen molar-refractivity contribution < 1.29 is 0 Å². The molecule has 0 amide bonds. The predicted octanol–water partition coefficient (Wildman–Crippen LogP) is 13.3. The number of benzene rings is 6. The third kappa shape index (κ3) is 4.48. The van der Waals surface area contributed by atoms with Crippen molar-refractivity contribution in [2.75, 3.05) is 4.81 Å². The van der Waals surface area contributed by atoms with Crippen molar-refractivity contribution >= 4 is 67.1 Å². The third-order valence-electron chi connectivity index (χ3n) is 16.1. The van der Waals surface area contributed by atoms with Crippen LogP contribution in [0.15, 0.2) is 103 Å². The van der Waals surface area contributed by atoms with E-state index in [4.69, 9.17) is 0 Å². The summed E-state index contributed by atoms with van der Waals surface area (Å²) < 4.78 is 5.20. The molecule has 1 aliphatic carbocycles. The zero-order valence-corrected chi connectivity index (χ0v) is 37.6. The number of para-hydroxylation sites is 1. The van der Waals surface area contributed by atoms with Gasteiger partial charge in [-0.2, -0.15) is 0 Å². The fourth-order valence-corrected chi connectivity index (χ4v) is 12.5. The van der Waals surface area contributed by atoms with Gasteiger partial charge in [-0.25, -0.2) is 0 Å². The fraction of sp³-hybridized carbons (Fsp3) is 0.357. The lowest BCUT2D eigenvalue weighted by Gasteiger charge is -2.54. The highest BCUT2D eigenvalue weighted by molar-refractivity contribution is 6.93. The second-order valence-corrected chi connectivity index (χ2v) is 22.6. The summed E-state index contributed by atoms with van der Waals surface area (Å²) in [6, 6.07) is 40.9. The molecule has 2 aromatic heterocycles. The summed E-state index contributed by atoms with van der Waals surface area (Å²) in [5, 5.41) is 5.33. The van der Waals surface area contributed by atoms with Crippen LogP contribution in [0, 0.1) is 0 Å². The number of anilines is 1. The third-order valence-corrected chi connectivity index (χ3v) is 16.1. The van der Waals surface area contributed by atoms with Crippen LogP contribution in [-0.2, 0) is 21.7 Å². The molecule has 2 atom stereocenters. The summed E-state index contributed by atoms with van der Waals surface area (Å²) in [7, 11) is 0. The number of fused-ring (bicyclic) bond motifs is 13. The first kappa shape index (κ1) is 36.6. The number of aromatic nitrogens is 2. The first-order valence-electron chi connectivity index (χ1n) is 22.7. The zero-order chi connectivity index (χ0) is 41.6. The lowest BCUT2D eigenvalue weighted by atomic mass is 9.42. The monoisotopic (exact) mass is 783 g/mol. The molecule has 3 nitrogen and oxygen atoms in total. The van der Waals surface area contributed by atoms with Gasteiger partial charge in [0, 0.05) is 55.1 Å². The Kier molecular flexibility index (Phi) is 6.94. The minimum Gasteiger partial charge on any atom is -0.400 e. The molecule has 4 heteroatoms. The van der Waals surface area contributed by atoms with E-state index in [9.17, 15) is 0 Å². The maximum atomic E-state index is 3.00. The van der Waals surface area contributed by atoms with E-state index in [1.807, 2.05) is 0 Å². The zero-order valence-electron chi connectivity index (χ0n) is 37.6. The summed E-state index contributed by atoms with van der Waals surface area (Å²) in [6.07, 6.45) is 5.01. The van der Waals surface area contributed by atoms with E-state index in [1.54, 1.807) is 5.56 Å². The standard InChI is InChI=1S/C56H58BN3/c1-52(2,3)33-22-23-45-38(26-33)39-31-48-40(32-47(39)58(45)36-18-13-12-14-19-36)42-28-35(54(7,8)9)30-44-51(42)59(48)46-21-17-20-37-41-27-34(53(4,5)6)29-43-50(41)60(57(44)49(37)46)56(11)25-16-15-24-55(43,56)10/h12-14,17-23,26-32H,15-16,24-25H2,1-11H3. The van der Waals surface area contributed by atoms with E-state index in [0.717, 1.165) is 0 Å². The molecule has 8 aromatic rings. The van der Waals surface area contributed by atoms with Gasteiger partial charge in [-0.05, 0) is 129 Å². The maximum absolute atomic E-state index is 3.00. The van der Waals surface area contributed by atoms with Crippen LogP contribution in [0.1, 0.15) is 124 Å². The van der Waals surface area contributed by atoms with Crippen molar-refractivity contribution in [3.05, 3.63) is 125 Å². The normalized spacial score (nSPS) is 20.7.